The summed E-state index contributed by atoms with van der Waals surface area (Å²) in [6.45, 7) is 7.44. The number of carbonyl (C=O) groups is 3. The van der Waals surface area contributed by atoms with Crippen LogP contribution in [0.15, 0.2) is 0 Å². The molecule has 0 aliphatic heterocycles. The van der Waals surface area contributed by atoms with E-state index in [9.17, 15) is 14.4 Å². The van der Waals surface area contributed by atoms with Crippen molar-refractivity contribution in [1.29, 1.82) is 0 Å². The molecule has 62 heavy (non-hydrogen) atoms. The second-order valence-corrected chi connectivity index (χ2v) is 19.7. The Hall–Kier alpha value is -1.63. The van der Waals surface area contributed by atoms with E-state index in [4.69, 9.17) is 14.2 Å². The lowest BCUT2D eigenvalue weighted by Crippen LogP contribution is -2.46. The number of hydrogen-bond acceptors (Lipinski definition) is 7. The highest BCUT2D eigenvalue weighted by Crippen LogP contribution is 2.24. The topological polar surface area (TPSA) is 82.1 Å². The number of esters is 3. The summed E-state index contributed by atoms with van der Waals surface area (Å²) in [6, 6.07) is 0. The Bertz CT molecular complexity index is 857. The minimum absolute atomic E-state index is 0.0560. The first-order valence-corrected chi connectivity index (χ1v) is 27.4. The van der Waals surface area contributed by atoms with Gasteiger partial charge in [-0.3, -0.25) is 14.4 Å². The van der Waals surface area contributed by atoms with Gasteiger partial charge in [0.15, 0.2) is 0 Å². The first kappa shape index (κ1) is 60.4. The van der Waals surface area contributed by atoms with Gasteiger partial charge >= 0.3 is 17.9 Å². The van der Waals surface area contributed by atoms with E-state index < -0.39 is 5.41 Å². The third-order valence-electron chi connectivity index (χ3n) is 12.7. The molecular formula is C55H107NO6. The lowest BCUT2D eigenvalue weighted by molar-refractivity contribution is -0.163. The maximum Gasteiger partial charge on any atom is 0.305 e. The van der Waals surface area contributed by atoms with Crippen LogP contribution in [0.25, 0.3) is 0 Å². The van der Waals surface area contributed by atoms with Crippen LogP contribution >= 0.6 is 0 Å². The van der Waals surface area contributed by atoms with E-state index >= 15 is 0 Å². The number of hydrogen-bond donors (Lipinski definition) is 0. The third kappa shape index (κ3) is 43.6. The summed E-state index contributed by atoms with van der Waals surface area (Å²) in [7, 11) is 3.91. The van der Waals surface area contributed by atoms with E-state index in [2.05, 4.69) is 20.8 Å². The summed E-state index contributed by atoms with van der Waals surface area (Å²) in [5.74, 6) is -0.687. The predicted octanol–water partition coefficient (Wildman–Crippen LogP) is 16.6. The van der Waals surface area contributed by atoms with Gasteiger partial charge in [0, 0.05) is 25.8 Å². The minimum atomic E-state index is -0.827. The average Bonchev–Trinajstić information content (AvgIpc) is 3.26. The minimum Gasteiger partial charge on any atom is -0.465 e. The molecule has 0 unspecified atom stereocenters. The molecule has 0 aliphatic rings. The van der Waals surface area contributed by atoms with Crippen LogP contribution in [0, 0.1) is 5.41 Å². The second-order valence-electron chi connectivity index (χ2n) is 19.7. The fourth-order valence-corrected chi connectivity index (χ4v) is 8.71. The smallest absolute Gasteiger partial charge is 0.305 e. The molecule has 0 aliphatic carbocycles. The zero-order valence-corrected chi connectivity index (χ0v) is 42.4. The quantitative estimate of drug-likeness (QED) is 0.0342. The van der Waals surface area contributed by atoms with E-state index in [0.717, 1.165) is 57.8 Å². The Morgan fingerprint density at radius 2 is 0.484 bits per heavy atom. The molecule has 0 saturated carbocycles. The zero-order chi connectivity index (χ0) is 45.5. The normalized spacial score (nSPS) is 11.7. The van der Waals surface area contributed by atoms with Gasteiger partial charge in [0.05, 0.1) is 5.41 Å². The number of ether oxygens (including phenoxy) is 3. The van der Waals surface area contributed by atoms with Crippen molar-refractivity contribution in [3.63, 3.8) is 0 Å². The molecule has 0 radical (unpaired) electrons. The molecule has 0 heterocycles. The van der Waals surface area contributed by atoms with Crippen LogP contribution in [0.3, 0.4) is 0 Å². The molecule has 0 fully saturated rings. The predicted molar refractivity (Wildman–Crippen MR) is 265 cm³/mol. The molecule has 7 nitrogen and oxygen atoms in total. The fourth-order valence-electron chi connectivity index (χ4n) is 8.71. The van der Waals surface area contributed by atoms with E-state index in [1.807, 2.05) is 19.0 Å². The zero-order valence-electron chi connectivity index (χ0n) is 42.4. The molecule has 0 N–H and O–H groups in total. The molecule has 0 saturated heterocycles. The van der Waals surface area contributed by atoms with Crippen molar-refractivity contribution >= 4 is 17.9 Å². The molecular weight excluding hydrogens is 771 g/mol. The molecule has 0 aromatic heterocycles. The summed E-state index contributed by atoms with van der Waals surface area (Å²) < 4.78 is 17.7. The Morgan fingerprint density at radius 1 is 0.306 bits per heavy atom. The molecule has 368 valence electrons. The summed E-state index contributed by atoms with van der Waals surface area (Å²) in [5, 5.41) is 0. The van der Waals surface area contributed by atoms with Crippen molar-refractivity contribution in [3.8, 4) is 0 Å². The maximum absolute atomic E-state index is 13.0. The van der Waals surface area contributed by atoms with Crippen molar-refractivity contribution < 1.29 is 28.6 Å². The molecule has 0 aromatic rings. The van der Waals surface area contributed by atoms with Gasteiger partial charge in [0.1, 0.15) is 19.8 Å². The van der Waals surface area contributed by atoms with Crippen molar-refractivity contribution in [2.45, 2.75) is 290 Å². The van der Waals surface area contributed by atoms with E-state index in [-0.39, 0.29) is 37.7 Å². The van der Waals surface area contributed by atoms with Gasteiger partial charge < -0.3 is 19.1 Å². The average molecular weight is 878 g/mol. The first-order valence-electron chi connectivity index (χ1n) is 27.4. The van der Waals surface area contributed by atoms with Gasteiger partial charge in [-0.25, -0.2) is 0 Å². The Labute approximate surface area is 386 Å². The van der Waals surface area contributed by atoms with Gasteiger partial charge in [0.2, 0.25) is 0 Å². The number of unbranched alkanes of at least 4 members (excludes halogenated alkanes) is 36. The summed E-state index contributed by atoms with van der Waals surface area (Å²) in [6.07, 6.45) is 50.2. The molecule has 0 bridgehead atoms. The Balaban J connectivity index is 4.78. The molecule has 0 aromatic carbocycles. The SMILES string of the molecule is CCCCCCCCCCCCCCCC(=O)OCC(COC(=O)CCCCCCCCCCCCCCC)(COC(=O)CCCCCCCCCCCCCCC)CN(C)C. The molecule has 0 rings (SSSR count). The molecule has 0 atom stereocenters. The summed E-state index contributed by atoms with van der Waals surface area (Å²) in [4.78, 5) is 41.0. The maximum atomic E-state index is 13.0. The van der Waals surface area contributed by atoms with Crippen molar-refractivity contribution in [2.75, 3.05) is 40.5 Å². The van der Waals surface area contributed by atoms with Crippen LogP contribution in [0.5, 0.6) is 0 Å². The standard InChI is InChI=1S/C55H107NO6/c1-6-9-12-15-18-21-24-27-30-33-36-39-42-45-52(57)60-49-55(48-56(4)5,50-61-53(58)46-43-40-37-34-31-28-25-22-19-16-13-10-7-2)51-62-54(59)47-44-41-38-35-32-29-26-23-20-17-14-11-8-3/h6-51H2,1-5H3. The first-order chi connectivity index (χ1) is 30.3. The lowest BCUT2D eigenvalue weighted by atomic mass is 9.90. The van der Waals surface area contributed by atoms with Crippen molar-refractivity contribution in [1.82, 2.24) is 4.90 Å². The van der Waals surface area contributed by atoms with Crippen molar-refractivity contribution in [3.05, 3.63) is 0 Å². The van der Waals surface area contributed by atoms with Crippen LogP contribution in [0.4, 0.5) is 0 Å². The van der Waals surface area contributed by atoms with E-state index in [1.165, 1.54) is 193 Å². The third-order valence-corrected chi connectivity index (χ3v) is 12.7. The van der Waals surface area contributed by atoms with E-state index in [1.54, 1.807) is 0 Å². The van der Waals surface area contributed by atoms with Crippen LogP contribution in [-0.4, -0.2) is 63.3 Å². The molecule has 0 spiro atoms. The van der Waals surface area contributed by atoms with Gasteiger partial charge in [-0.2, -0.15) is 0 Å². The second kappa shape index (κ2) is 47.3. The number of nitrogens with zero attached hydrogens (tertiary/aromatic N) is 1. The summed E-state index contributed by atoms with van der Waals surface area (Å²) in [5.41, 5.74) is -0.827. The highest BCUT2D eigenvalue weighted by atomic mass is 16.6. The Kier molecular flexibility index (Phi) is 46.1. The molecule has 0 amide bonds. The van der Waals surface area contributed by atoms with Gasteiger partial charge in [-0.1, -0.05) is 252 Å². The number of rotatable bonds is 50. The highest BCUT2D eigenvalue weighted by Gasteiger charge is 2.36. The van der Waals surface area contributed by atoms with Crippen molar-refractivity contribution in [2.24, 2.45) is 5.41 Å². The largest absolute Gasteiger partial charge is 0.465 e. The lowest BCUT2D eigenvalue weighted by Gasteiger charge is -2.34. The van der Waals surface area contributed by atoms with Crippen LogP contribution in [0.2, 0.25) is 0 Å². The fraction of sp³-hybridized carbons (Fsp3) is 0.945. The van der Waals surface area contributed by atoms with Crippen LogP contribution in [0.1, 0.15) is 290 Å². The number of carbonyl (C=O) groups excluding carboxylic acids is 3. The van der Waals surface area contributed by atoms with E-state index in [0.29, 0.717) is 25.8 Å². The van der Waals surface area contributed by atoms with Crippen LogP contribution in [-0.2, 0) is 28.6 Å². The molecule has 7 heteroatoms. The van der Waals surface area contributed by atoms with Gasteiger partial charge in [0.25, 0.3) is 0 Å². The van der Waals surface area contributed by atoms with Gasteiger partial charge in [-0.15, -0.1) is 0 Å². The Morgan fingerprint density at radius 3 is 0.661 bits per heavy atom. The van der Waals surface area contributed by atoms with Gasteiger partial charge in [-0.05, 0) is 33.4 Å². The monoisotopic (exact) mass is 878 g/mol. The highest BCUT2D eigenvalue weighted by molar-refractivity contribution is 5.70. The summed E-state index contributed by atoms with van der Waals surface area (Å²) >= 11 is 0. The van der Waals surface area contributed by atoms with Crippen LogP contribution < -0.4 is 0 Å².